The average molecular weight is 405 g/mol. The Bertz CT molecular complexity index is 978. The second-order valence-corrected chi connectivity index (χ2v) is 8.27. The molecule has 1 heterocycles. The fourth-order valence-corrected chi connectivity index (χ4v) is 3.78. The molecule has 1 atom stereocenters. The molecule has 0 bridgehead atoms. The lowest BCUT2D eigenvalue weighted by Gasteiger charge is -2.18. The Balaban J connectivity index is 1.31. The molecule has 29 heavy (non-hydrogen) atoms. The normalized spacial score (nSPS) is 14.8. The van der Waals surface area contributed by atoms with E-state index in [1.165, 1.54) is 35.7 Å². The van der Waals surface area contributed by atoms with Gasteiger partial charge in [-0.25, -0.2) is 4.98 Å². The van der Waals surface area contributed by atoms with Crippen molar-refractivity contribution in [2.75, 3.05) is 5.75 Å². The summed E-state index contributed by atoms with van der Waals surface area (Å²) in [5.41, 5.74) is 3.51. The van der Waals surface area contributed by atoms with E-state index >= 15 is 0 Å². The summed E-state index contributed by atoms with van der Waals surface area (Å²) in [5.74, 6) is 1.53. The highest BCUT2D eigenvalue weighted by atomic mass is 32.2. The van der Waals surface area contributed by atoms with Crippen LogP contribution < -0.4 is 5.32 Å². The van der Waals surface area contributed by atoms with Crippen LogP contribution in [-0.4, -0.2) is 26.8 Å². The Morgan fingerprint density at radius 2 is 1.93 bits per heavy atom. The number of carbonyl (C=O) groups is 1. The van der Waals surface area contributed by atoms with E-state index in [2.05, 4.69) is 51.7 Å². The predicted molar refractivity (Wildman–Crippen MR) is 117 cm³/mol. The van der Waals surface area contributed by atoms with Crippen molar-refractivity contribution in [2.45, 2.75) is 31.0 Å². The van der Waals surface area contributed by atoms with Crippen LogP contribution in [0, 0.1) is 12.8 Å². The Labute approximate surface area is 175 Å². The summed E-state index contributed by atoms with van der Waals surface area (Å²) in [6.07, 6.45) is 6.20. The van der Waals surface area contributed by atoms with Gasteiger partial charge in [0.05, 0.1) is 11.8 Å². The number of thioether (sulfide) groups is 1. The van der Waals surface area contributed by atoms with Gasteiger partial charge in [-0.05, 0) is 42.9 Å². The molecule has 0 spiro atoms. The molecule has 2 aromatic carbocycles. The third-order valence-electron chi connectivity index (χ3n) is 4.89. The van der Waals surface area contributed by atoms with Crippen LogP contribution in [0.3, 0.4) is 0 Å². The first-order chi connectivity index (χ1) is 14.2. The first-order valence-electron chi connectivity index (χ1n) is 9.81. The molecule has 0 aliphatic heterocycles. The third-order valence-corrected chi connectivity index (χ3v) is 5.74. The van der Waals surface area contributed by atoms with Crippen LogP contribution in [0.25, 0.3) is 12.2 Å². The molecule has 3 aromatic rings. The zero-order valence-electron chi connectivity index (χ0n) is 16.3. The molecule has 4 rings (SSSR count). The zero-order chi connectivity index (χ0) is 20.1. The number of hydrogen-bond acceptors (Lipinski definition) is 4. The Morgan fingerprint density at radius 1 is 1.17 bits per heavy atom. The van der Waals surface area contributed by atoms with Crippen molar-refractivity contribution in [1.29, 1.82) is 0 Å². The number of hydrogen-bond donors (Lipinski definition) is 2. The van der Waals surface area contributed by atoms with Crippen LogP contribution >= 0.6 is 11.8 Å². The highest BCUT2D eigenvalue weighted by Gasteiger charge is 2.33. The summed E-state index contributed by atoms with van der Waals surface area (Å²) in [6.45, 7) is 2.07. The molecular formula is C23H24N4OS. The Kier molecular flexibility index (Phi) is 6.10. The number of amides is 1. The summed E-state index contributed by atoms with van der Waals surface area (Å²) < 4.78 is 0. The van der Waals surface area contributed by atoms with Crippen LogP contribution in [0.1, 0.15) is 41.4 Å². The second-order valence-electron chi connectivity index (χ2n) is 7.33. The van der Waals surface area contributed by atoms with Crippen LogP contribution in [0.5, 0.6) is 0 Å². The van der Waals surface area contributed by atoms with Crippen molar-refractivity contribution in [3.05, 3.63) is 77.1 Å². The van der Waals surface area contributed by atoms with E-state index < -0.39 is 0 Å². The fraction of sp³-hybridized carbons (Fsp3) is 0.261. The van der Waals surface area contributed by atoms with E-state index in [0.29, 0.717) is 22.7 Å². The van der Waals surface area contributed by atoms with E-state index in [9.17, 15) is 4.79 Å². The fourth-order valence-electron chi connectivity index (χ4n) is 3.16. The minimum atomic E-state index is 0.0126. The molecule has 1 saturated carbocycles. The first-order valence-corrected chi connectivity index (χ1v) is 10.8. The molecule has 1 aliphatic rings. The maximum absolute atomic E-state index is 12.5. The first kappa shape index (κ1) is 19.5. The predicted octanol–water partition coefficient (Wildman–Crippen LogP) is 4.64. The molecule has 5 nitrogen and oxygen atoms in total. The minimum absolute atomic E-state index is 0.0126. The van der Waals surface area contributed by atoms with Crippen LogP contribution in [0.4, 0.5) is 0 Å². The number of aryl methyl sites for hydroxylation is 1. The summed E-state index contributed by atoms with van der Waals surface area (Å²) in [5, 5.41) is 10.9. The second kappa shape index (κ2) is 9.09. The number of nitrogens with zero attached hydrogens (tertiary/aromatic N) is 2. The third kappa shape index (κ3) is 5.57. The quantitative estimate of drug-likeness (QED) is 0.537. The zero-order valence-corrected chi connectivity index (χ0v) is 17.2. The van der Waals surface area contributed by atoms with E-state index in [1.54, 1.807) is 0 Å². The number of H-pyrrole nitrogens is 1. The van der Waals surface area contributed by atoms with Crippen molar-refractivity contribution in [1.82, 2.24) is 20.5 Å². The maximum atomic E-state index is 12.5. The molecule has 1 amide bonds. The SMILES string of the molecule is Cc1ccc(C(NC(=O)CSc2n[nH]c(/C=C/c3ccccc3)n2)C2CC2)cc1. The van der Waals surface area contributed by atoms with Gasteiger partial charge in [-0.3, -0.25) is 9.89 Å². The van der Waals surface area contributed by atoms with Gasteiger partial charge in [-0.1, -0.05) is 78.0 Å². The van der Waals surface area contributed by atoms with Crippen LogP contribution in [0.2, 0.25) is 0 Å². The van der Waals surface area contributed by atoms with E-state index in [1.807, 2.05) is 42.5 Å². The lowest BCUT2D eigenvalue weighted by molar-refractivity contribution is -0.119. The summed E-state index contributed by atoms with van der Waals surface area (Å²) >= 11 is 1.34. The molecule has 1 fully saturated rings. The molecule has 0 radical (unpaired) electrons. The van der Waals surface area contributed by atoms with Crippen molar-refractivity contribution in [3.63, 3.8) is 0 Å². The van der Waals surface area contributed by atoms with Gasteiger partial charge in [-0.2, -0.15) is 0 Å². The average Bonchev–Trinajstić information content (AvgIpc) is 3.49. The van der Waals surface area contributed by atoms with E-state index in [0.717, 1.165) is 5.56 Å². The molecule has 6 heteroatoms. The Morgan fingerprint density at radius 3 is 2.66 bits per heavy atom. The number of carbonyl (C=O) groups excluding carboxylic acids is 1. The molecular weight excluding hydrogens is 380 g/mol. The maximum Gasteiger partial charge on any atom is 0.230 e. The smallest absolute Gasteiger partial charge is 0.230 e. The van der Waals surface area contributed by atoms with Crippen molar-refractivity contribution in [3.8, 4) is 0 Å². The Hall–Kier alpha value is -2.86. The van der Waals surface area contributed by atoms with Gasteiger partial charge < -0.3 is 5.32 Å². The number of benzene rings is 2. The minimum Gasteiger partial charge on any atom is -0.348 e. The van der Waals surface area contributed by atoms with Gasteiger partial charge in [0.25, 0.3) is 0 Å². The van der Waals surface area contributed by atoms with E-state index in [4.69, 9.17) is 0 Å². The highest BCUT2D eigenvalue weighted by molar-refractivity contribution is 7.99. The van der Waals surface area contributed by atoms with Gasteiger partial charge in [0, 0.05) is 0 Å². The van der Waals surface area contributed by atoms with Gasteiger partial charge in [-0.15, -0.1) is 5.10 Å². The van der Waals surface area contributed by atoms with Gasteiger partial charge in [0.2, 0.25) is 11.1 Å². The van der Waals surface area contributed by atoms with Crippen molar-refractivity contribution >= 4 is 29.8 Å². The molecule has 0 saturated heterocycles. The lowest BCUT2D eigenvalue weighted by atomic mass is 10.0. The molecule has 148 valence electrons. The summed E-state index contributed by atoms with van der Waals surface area (Å²) in [6, 6.07) is 18.6. The topological polar surface area (TPSA) is 70.7 Å². The van der Waals surface area contributed by atoms with Gasteiger partial charge >= 0.3 is 0 Å². The van der Waals surface area contributed by atoms with Crippen molar-refractivity contribution in [2.24, 2.45) is 5.92 Å². The van der Waals surface area contributed by atoms with Crippen LogP contribution in [0.15, 0.2) is 59.8 Å². The molecule has 1 unspecified atom stereocenters. The summed E-state index contributed by atoms with van der Waals surface area (Å²) in [7, 11) is 0. The molecule has 2 N–H and O–H groups in total. The van der Waals surface area contributed by atoms with Crippen LogP contribution in [-0.2, 0) is 4.79 Å². The van der Waals surface area contributed by atoms with E-state index in [-0.39, 0.29) is 11.9 Å². The molecule has 1 aromatic heterocycles. The number of rotatable bonds is 8. The van der Waals surface area contributed by atoms with Gasteiger partial charge in [0.1, 0.15) is 5.82 Å². The largest absolute Gasteiger partial charge is 0.348 e. The number of aromatic nitrogens is 3. The lowest BCUT2D eigenvalue weighted by Crippen LogP contribution is -2.31. The monoisotopic (exact) mass is 404 g/mol. The van der Waals surface area contributed by atoms with Gasteiger partial charge in [0.15, 0.2) is 0 Å². The summed E-state index contributed by atoms with van der Waals surface area (Å²) in [4.78, 5) is 16.9. The standard InChI is InChI=1S/C23H24N4OS/c1-16-7-10-18(11-8-16)22(19-12-13-19)25-21(28)15-29-23-24-20(26-27-23)14-9-17-5-3-2-4-6-17/h2-11,14,19,22H,12-13,15H2,1H3,(H,25,28)(H,24,26,27)/b14-9+. The van der Waals surface area contributed by atoms with Crippen molar-refractivity contribution < 1.29 is 4.79 Å². The highest BCUT2D eigenvalue weighted by Crippen LogP contribution is 2.41. The number of nitrogens with one attached hydrogen (secondary N) is 2. The molecule has 1 aliphatic carbocycles. The number of aromatic amines is 1.